The van der Waals surface area contributed by atoms with Gasteiger partial charge in [0, 0.05) is 17.8 Å². The first-order chi connectivity index (χ1) is 8.58. The van der Waals surface area contributed by atoms with E-state index in [0.29, 0.717) is 12.0 Å². The molecule has 0 amide bonds. The van der Waals surface area contributed by atoms with Crippen LogP contribution in [-0.2, 0) is 6.42 Å². The zero-order valence-corrected chi connectivity index (χ0v) is 10.0. The van der Waals surface area contributed by atoms with Gasteiger partial charge in [0.25, 0.3) is 0 Å². The first-order valence-electron chi connectivity index (χ1n) is 5.68. The topological polar surface area (TPSA) is 38.9 Å². The van der Waals surface area contributed by atoms with Gasteiger partial charge >= 0.3 is 0 Å². The summed E-state index contributed by atoms with van der Waals surface area (Å²) in [6.45, 7) is 1.88. The Hall–Kier alpha value is -1.81. The molecule has 0 spiro atoms. The average molecular weight is 248 g/mol. The molecule has 0 fully saturated rings. The molecule has 0 aliphatic heterocycles. The minimum absolute atomic E-state index is 0.307. The van der Waals surface area contributed by atoms with Crippen LogP contribution >= 0.6 is 0 Å². The van der Waals surface area contributed by atoms with Crippen LogP contribution in [0.15, 0.2) is 36.7 Å². The van der Waals surface area contributed by atoms with Gasteiger partial charge in [0.15, 0.2) is 0 Å². The number of hydrogen-bond donors (Lipinski definition) is 1. The molecule has 0 saturated carbocycles. The lowest BCUT2D eigenvalue weighted by molar-refractivity contribution is 0.572. The highest BCUT2D eigenvalue weighted by molar-refractivity contribution is 5.29. The molecular formula is C14H14F2N2. The van der Waals surface area contributed by atoms with E-state index < -0.39 is 11.9 Å². The molecule has 0 aliphatic rings. The fraction of sp³-hybridized carbons (Fsp3) is 0.214. The SMILES string of the molecule is Cc1ccc(F)cc1CC(N)c1ccncc1F. The van der Waals surface area contributed by atoms with E-state index >= 15 is 0 Å². The van der Waals surface area contributed by atoms with E-state index in [9.17, 15) is 8.78 Å². The van der Waals surface area contributed by atoms with Crippen molar-refractivity contribution in [3.63, 3.8) is 0 Å². The van der Waals surface area contributed by atoms with Crippen molar-refractivity contribution in [3.05, 3.63) is 65.0 Å². The van der Waals surface area contributed by atoms with E-state index in [1.807, 2.05) is 6.92 Å². The number of aromatic nitrogens is 1. The maximum Gasteiger partial charge on any atom is 0.146 e. The second-order valence-electron chi connectivity index (χ2n) is 4.28. The zero-order chi connectivity index (χ0) is 13.1. The second kappa shape index (κ2) is 5.23. The molecule has 1 atom stereocenters. The van der Waals surface area contributed by atoms with Crippen LogP contribution in [-0.4, -0.2) is 4.98 Å². The zero-order valence-electron chi connectivity index (χ0n) is 10.0. The molecular weight excluding hydrogens is 234 g/mol. The van der Waals surface area contributed by atoms with Crippen LogP contribution in [0.1, 0.15) is 22.7 Å². The summed E-state index contributed by atoms with van der Waals surface area (Å²) in [6.07, 6.45) is 3.02. The van der Waals surface area contributed by atoms with Gasteiger partial charge in [-0.2, -0.15) is 0 Å². The standard InChI is InChI=1S/C14H14F2N2/c1-9-2-3-11(15)6-10(9)7-14(17)12-4-5-18-8-13(12)16/h2-6,8,14H,7,17H2,1H3. The van der Waals surface area contributed by atoms with Crippen molar-refractivity contribution in [2.24, 2.45) is 5.73 Å². The van der Waals surface area contributed by atoms with Crippen LogP contribution < -0.4 is 5.73 Å². The van der Waals surface area contributed by atoms with E-state index in [0.717, 1.165) is 17.3 Å². The molecule has 0 aliphatic carbocycles. The molecule has 4 heteroatoms. The molecule has 0 bridgehead atoms. The largest absolute Gasteiger partial charge is 0.324 e. The van der Waals surface area contributed by atoms with Crippen LogP contribution in [0.25, 0.3) is 0 Å². The summed E-state index contributed by atoms with van der Waals surface area (Å²) >= 11 is 0. The highest BCUT2D eigenvalue weighted by atomic mass is 19.1. The van der Waals surface area contributed by atoms with E-state index in [1.54, 1.807) is 12.1 Å². The fourth-order valence-electron chi connectivity index (χ4n) is 1.89. The summed E-state index contributed by atoms with van der Waals surface area (Å²) in [5.74, 6) is -0.739. The fourth-order valence-corrected chi connectivity index (χ4v) is 1.89. The Morgan fingerprint density at radius 3 is 2.78 bits per heavy atom. The van der Waals surface area contributed by atoms with E-state index in [1.165, 1.54) is 18.3 Å². The third kappa shape index (κ3) is 2.71. The lowest BCUT2D eigenvalue weighted by Gasteiger charge is -2.14. The number of benzene rings is 1. The summed E-state index contributed by atoms with van der Waals surface area (Å²) in [5.41, 5.74) is 8.09. The molecule has 94 valence electrons. The maximum absolute atomic E-state index is 13.5. The van der Waals surface area contributed by atoms with Gasteiger partial charge in [0.2, 0.25) is 0 Å². The minimum atomic E-state index is -0.506. The van der Waals surface area contributed by atoms with Crippen molar-refractivity contribution in [1.29, 1.82) is 0 Å². The summed E-state index contributed by atoms with van der Waals surface area (Å²) < 4.78 is 26.7. The van der Waals surface area contributed by atoms with Crippen LogP contribution in [0.3, 0.4) is 0 Å². The number of halogens is 2. The Morgan fingerprint density at radius 1 is 1.28 bits per heavy atom. The van der Waals surface area contributed by atoms with E-state index in [-0.39, 0.29) is 5.82 Å². The van der Waals surface area contributed by atoms with Crippen LogP contribution in [0.4, 0.5) is 8.78 Å². The third-order valence-corrected chi connectivity index (χ3v) is 2.95. The lowest BCUT2D eigenvalue weighted by Crippen LogP contribution is -2.15. The molecule has 1 unspecified atom stereocenters. The molecule has 2 nitrogen and oxygen atoms in total. The van der Waals surface area contributed by atoms with Gasteiger partial charge in [-0.1, -0.05) is 6.07 Å². The van der Waals surface area contributed by atoms with Gasteiger partial charge < -0.3 is 5.73 Å². The maximum atomic E-state index is 13.5. The van der Waals surface area contributed by atoms with Crippen molar-refractivity contribution in [3.8, 4) is 0 Å². The molecule has 0 saturated heterocycles. The van der Waals surface area contributed by atoms with Crippen molar-refractivity contribution in [2.75, 3.05) is 0 Å². The Kier molecular flexibility index (Phi) is 3.67. The highest BCUT2D eigenvalue weighted by Gasteiger charge is 2.13. The average Bonchev–Trinajstić information content (AvgIpc) is 2.34. The molecule has 18 heavy (non-hydrogen) atoms. The normalized spacial score (nSPS) is 12.4. The lowest BCUT2D eigenvalue weighted by atomic mass is 9.97. The Balaban J connectivity index is 2.24. The Morgan fingerprint density at radius 2 is 2.06 bits per heavy atom. The van der Waals surface area contributed by atoms with E-state index in [2.05, 4.69) is 4.98 Å². The molecule has 1 aromatic heterocycles. The summed E-state index contributed by atoms with van der Waals surface area (Å²) in [6, 6.07) is 5.58. The molecule has 1 aromatic carbocycles. The molecule has 1 heterocycles. The second-order valence-corrected chi connectivity index (χ2v) is 4.28. The van der Waals surface area contributed by atoms with Crippen LogP contribution in [0.2, 0.25) is 0 Å². The van der Waals surface area contributed by atoms with Crippen molar-refractivity contribution in [2.45, 2.75) is 19.4 Å². The van der Waals surface area contributed by atoms with Gasteiger partial charge in [-0.25, -0.2) is 8.78 Å². The number of hydrogen-bond acceptors (Lipinski definition) is 2. The molecule has 2 aromatic rings. The van der Waals surface area contributed by atoms with E-state index in [4.69, 9.17) is 5.73 Å². The van der Waals surface area contributed by atoms with Crippen molar-refractivity contribution < 1.29 is 8.78 Å². The van der Waals surface area contributed by atoms with Gasteiger partial charge in [-0.15, -0.1) is 0 Å². The molecule has 2 rings (SSSR count). The summed E-state index contributed by atoms with van der Waals surface area (Å²) in [4.78, 5) is 3.68. The summed E-state index contributed by atoms with van der Waals surface area (Å²) in [5, 5.41) is 0. The van der Waals surface area contributed by atoms with Crippen LogP contribution in [0, 0.1) is 18.6 Å². The summed E-state index contributed by atoms with van der Waals surface area (Å²) in [7, 11) is 0. The van der Waals surface area contributed by atoms with Crippen LogP contribution in [0.5, 0.6) is 0 Å². The van der Waals surface area contributed by atoms with Gasteiger partial charge in [0.05, 0.1) is 6.20 Å². The quantitative estimate of drug-likeness (QED) is 0.907. The number of pyridine rings is 1. The first-order valence-corrected chi connectivity index (χ1v) is 5.68. The third-order valence-electron chi connectivity index (χ3n) is 2.95. The Bertz CT molecular complexity index is 555. The van der Waals surface area contributed by atoms with Gasteiger partial charge in [-0.05, 0) is 42.7 Å². The first kappa shape index (κ1) is 12.6. The smallest absolute Gasteiger partial charge is 0.146 e. The molecule has 0 radical (unpaired) electrons. The number of aryl methyl sites for hydroxylation is 1. The van der Waals surface area contributed by atoms with Crippen molar-refractivity contribution >= 4 is 0 Å². The number of rotatable bonds is 3. The molecule has 2 N–H and O–H groups in total. The predicted octanol–water partition coefficient (Wildman–Crippen LogP) is 2.91. The van der Waals surface area contributed by atoms with Crippen molar-refractivity contribution in [1.82, 2.24) is 4.98 Å². The minimum Gasteiger partial charge on any atom is -0.324 e. The highest BCUT2D eigenvalue weighted by Crippen LogP contribution is 2.20. The number of nitrogens with two attached hydrogens (primary N) is 1. The number of nitrogens with zero attached hydrogens (tertiary/aromatic N) is 1. The predicted molar refractivity (Wildman–Crippen MR) is 66.0 cm³/mol. The Labute approximate surface area is 104 Å². The van der Waals surface area contributed by atoms with Gasteiger partial charge in [-0.3, -0.25) is 4.98 Å². The van der Waals surface area contributed by atoms with Gasteiger partial charge in [0.1, 0.15) is 11.6 Å². The monoisotopic (exact) mass is 248 g/mol.